The summed E-state index contributed by atoms with van der Waals surface area (Å²) in [6.07, 6.45) is 3.87. The normalized spacial score (nSPS) is 14.2. The van der Waals surface area contributed by atoms with E-state index in [0.717, 1.165) is 30.2 Å². The molecule has 0 spiro atoms. The van der Waals surface area contributed by atoms with Crippen molar-refractivity contribution >= 4 is 16.6 Å². The maximum atomic E-state index is 13.5. The molecular formula is C25H23F2N5O2. The zero-order valence-electron chi connectivity index (χ0n) is 18.5. The molecule has 0 saturated heterocycles. The van der Waals surface area contributed by atoms with Gasteiger partial charge >= 0.3 is 0 Å². The van der Waals surface area contributed by atoms with Crippen molar-refractivity contribution in [2.24, 2.45) is 5.73 Å². The van der Waals surface area contributed by atoms with Crippen molar-refractivity contribution < 1.29 is 13.5 Å². The van der Waals surface area contributed by atoms with Gasteiger partial charge in [0.15, 0.2) is 0 Å². The smallest absolute Gasteiger partial charge is 0.258 e. The van der Waals surface area contributed by atoms with Crippen LogP contribution in [0.15, 0.2) is 53.5 Å². The molecule has 5 rings (SSSR count). The molecule has 1 saturated carbocycles. The molecule has 1 fully saturated rings. The number of rotatable bonds is 7. The van der Waals surface area contributed by atoms with Crippen LogP contribution in [0.5, 0.6) is 5.75 Å². The van der Waals surface area contributed by atoms with Crippen LogP contribution in [0, 0.1) is 11.6 Å². The highest BCUT2D eigenvalue weighted by Gasteiger charge is 2.37. The monoisotopic (exact) mass is 463 g/mol. The maximum absolute atomic E-state index is 13.5. The van der Waals surface area contributed by atoms with Crippen LogP contribution in [0.4, 0.5) is 14.5 Å². The number of H-pyrrole nitrogens is 1. The van der Waals surface area contributed by atoms with Gasteiger partial charge in [-0.05, 0) is 48.7 Å². The Morgan fingerprint density at radius 3 is 2.56 bits per heavy atom. The second-order valence-corrected chi connectivity index (χ2v) is 8.68. The molecule has 34 heavy (non-hydrogen) atoms. The number of nitrogens with two attached hydrogens (primary N) is 1. The number of nitrogens with one attached hydrogen (secondary N) is 2. The molecule has 1 aliphatic carbocycles. The summed E-state index contributed by atoms with van der Waals surface area (Å²) in [5, 5.41) is 3.73. The summed E-state index contributed by atoms with van der Waals surface area (Å²) in [4.78, 5) is 24.5. The zero-order chi connectivity index (χ0) is 23.9. The number of pyridine rings is 1. The fourth-order valence-corrected chi connectivity index (χ4v) is 3.81. The summed E-state index contributed by atoms with van der Waals surface area (Å²) in [6.45, 7) is 0.609. The number of anilines is 1. The van der Waals surface area contributed by atoms with Crippen LogP contribution in [-0.4, -0.2) is 34.1 Å². The Morgan fingerprint density at radius 1 is 1.15 bits per heavy atom. The minimum Gasteiger partial charge on any atom is -0.495 e. The fraction of sp³-hybridized carbons (Fsp3) is 0.240. The van der Waals surface area contributed by atoms with Gasteiger partial charge in [0, 0.05) is 36.3 Å². The summed E-state index contributed by atoms with van der Waals surface area (Å²) in [5.74, 6) is -0.311. The van der Waals surface area contributed by atoms with E-state index in [4.69, 9.17) is 10.5 Å². The summed E-state index contributed by atoms with van der Waals surface area (Å²) < 4.78 is 32.5. The SMILES string of the molecule is COc1cc2c(=O)[nH]c(Cc3ccc(-c4cc(F)cc(F)c4)nc3)nc2cc1NCC1(N)CC1. The zero-order valence-corrected chi connectivity index (χ0v) is 18.5. The number of methoxy groups -OCH3 is 1. The first kappa shape index (κ1) is 22.0. The molecule has 0 amide bonds. The van der Waals surface area contributed by atoms with E-state index in [1.165, 1.54) is 12.1 Å². The summed E-state index contributed by atoms with van der Waals surface area (Å²) in [5.41, 5.74) is 8.55. The van der Waals surface area contributed by atoms with E-state index in [9.17, 15) is 13.6 Å². The van der Waals surface area contributed by atoms with Crippen molar-refractivity contribution in [1.82, 2.24) is 15.0 Å². The molecule has 4 N–H and O–H groups in total. The quantitative estimate of drug-likeness (QED) is 0.385. The van der Waals surface area contributed by atoms with Crippen molar-refractivity contribution in [3.63, 3.8) is 0 Å². The topological polar surface area (TPSA) is 106 Å². The van der Waals surface area contributed by atoms with Crippen molar-refractivity contribution in [3.05, 3.63) is 82.0 Å². The van der Waals surface area contributed by atoms with Crippen LogP contribution in [0.1, 0.15) is 24.2 Å². The highest BCUT2D eigenvalue weighted by atomic mass is 19.1. The molecule has 2 aromatic heterocycles. The largest absolute Gasteiger partial charge is 0.495 e. The molecule has 2 heterocycles. The van der Waals surface area contributed by atoms with Gasteiger partial charge in [-0.3, -0.25) is 9.78 Å². The summed E-state index contributed by atoms with van der Waals surface area (Å²) in [6, 6.07) is 10.2. The van der Waals surface area contributed by atoms with Crippen LogP contribution < -0.4 is 21.3 Å². The van der Waals surface area contributed by atoms with Crippen molar-refractivity contribution in [3.8, 4) is 17.0 Å². The van der Waals surface area contributed by atoms with Crippen molar-refractivity contribution in [1.29, 1.82) is 0 Å². The molecule has 2 aromatic carbocycles. The number of halogens is 2. The fourth-order valence-electron chi connectivity index (χ4n) is 3.81. The molecule has 174 valence electrons. The number of aromatic nitrogens is 3. The Bertz CT molecular complexity index is 1410. The lowest BCUT2D eigenvalue weighted by molar-refractivity contribution is 0.417. The van der Waals surface area contributed by atoms with E-state index in [1.807, 2.05) is 0 Å². The van der Waals surface area contributed by atoms with E-state index in [-0.39, 0.29) is 11.1 Å². The molecule has 1 aliphatic rings. The Kier molecular flexibility index (Phi) is 5.49. The Labute approximate surface area is 194 Å². The first-order valence-electron chi connectivity index (χ1n) is 10.9. The minimum atomic E-state index is -0.664. The van der Waals surface area contributed by atoms with Crippen LogP contribution in [-0.2, 0) is 6.42 Å². The predicted octanol–water partition coefficient (Wildman–Crippen LogP) is 3.77. The molecule has 9 heteroatoms. The Morgan fingerprint density at radius 2 is 1.91 bits per heavy atom. The van der Waals surface area contributed by atoms with Gasteiger partial charge in [-0.2, -0.15) is 0 Å². The number of aromatic amines is 1. The van der Waals surface area contributed by atoms with Crippen molar-refractivity contribution in [2.45, 2.75) is 24.8 Å². The van der Waals surface area contributed by atoms with Gasteiger partial charge < -0.3 is 20.8 Å². The minimum absolute atomic E-state index is 0.191. The first-order valence-corrected chi connectivity index (χ1v) is 10.9. The second kappa shape index (κ2) is 8.49. The van der Waals surface area contributed by atoms with Gasteiger partial charge in [-0.15, -0.1) is 0 Å². The highest BCUT2D eigenvalue weighted by Crippen LogP contribution is 2.34. The van der Waals surface area contributed by atoms with E-state index in [0.29, 0.717) is 46.7 Å². The molecular weight excluding hydrogens is 440 g/mol. The third-order valence-electron chi connectivity index (χ3n) is 5.95. The van der Waals surface area contributed by atoms with Gasteiger partial charge in [-0.25, -0.2) is 13.8 Å². The number of benzene rings is 2. The first-order chi connectivity index (χ1) is 16.3. The van der Waals surface area contributed by atoms with Gasteiger partial charge in [0.2, 0.25) is 0 Å². The van der Waals surface area contributed by atoms with Crippen molar-refractivity contribution in [2.75, 3.05) is 19.0 Å². The number of nitrogens with zero attached hydrogens (tertiary/aromatic N) is 2. The number of fused-ring (bicyclic) bond motifs is 1. The van der Waals surface area contributed by atoms with Crippen LogP contribution >= 0.6 is 0 Å². The average molecular weight is 463 g/mol. The maximum Gasteiger partial charge on any atom is 0.258 e. The lowest BCUT2D eigenvalue weighted by Crippen LogP contribution is -2.31. The van der Waals surface area contributed by atoms with Crippen LogP contribution in [0.2, 0.25) is 0 Å². The van der Waals surface area contributed by atoms with Crippen LogP contribution in [0.25, 0.3) is 22.2 Å². The van der Waals surface area contributed by atoms with E-state index < -0.39 is 11.6 Å². The third-order valence-corrected chi connectivity index (χ3v) is 5.95. The lowest BCUT2D eigenvalue weighted by atomic mass is 10.1. The second-order valence-electron chi connectivity index (χ2n) is 8.68. The Hall–Kier alpha value is -3.85. The number of ether oxygens (including phenoxy) is 1. The summed E-state index contributed by atoms with van der Waals surface area (Å²) >= 11 is 0. The molecule has 0 unspecified atom stereocenters. The van der Waals surface area contributed by atoms with Gasteiger partial charge in [0.25, 0.3) is 5.56 Å². The van der Waals surface area contributed by atoms with E-state index in [2.05, 4.69) is 20.3 Å². The third kappa shape index (κ3) is 4.60. The van der Waals surface area contributed by atoms with E-state index in [1.54, 1.807) is 37.6 Å². The standard InChI is InChI=1S/C25H23F2N5O2/c1-34-22-10-18-20(11-21(22)30-13-25(28)4-5-25)31-23(32-24(18)33)6-14-2-3-19(29-12-14)15-7-16(26)9-17(27)8-15/h2-3,7-12,30H,4-6,13,28H2,1H3,(H,31,32,33). The summed E-state index contributed by atoms with van der Waals surface area (Å²) in [7, 11) is 1.55. The Balaban J connectivity index is 1.41. The van der Waals surface area contributed by atoms with Crippen LogP contribution in [0.3, 0.4) is 0 Å². The molecule has 0 radical (unpaired) electrons. The van der Waals surface area contributed by atoms with Gasteiger partial charge in [-0.1, -0.05) is 6.07 Å². The van der Waals surface area contributed by atoms with E-state index >= 15 is 0 Å². The molecule has 0 atom stereocenters. The highest BCUT2D eigenvalue weighted by molar-refractivity contribution is 5.85. The molecule has 0 bridgehead atoms. The predicted molar refractivity (Wildman–Crippen MR) is 126 cm³/mol. The average Bonchev–Trinajstić information content (AvgIpc) is 3.54. The molecule has 0 aliphatic heterocycles. The molecule has 4 aromatic rings. The van der Waals surface area contributed by atoms with Gasteiger partial charge in [0.1, 0.15) is 23.2 Å². The lowest BCUT2D eigenvalue weighted by Gasteiger charge is -2.15. The molecule has 7 nitrogen and oxygen atoms in total. The number of hydrogen-bond acceptors (Lipinski definition) is 6. The van der Waals surface area contributed by atoms with Gasteiger partial charge in [0.05, 0.1) is 29.4 Å². The number of hydrogen-bond donors (Lipinski definition) is 3.